The van der Waals surface area contributed by atoms with Crippen LogP contribution in [0.5, 0.6) is 0 Å². The fourth-order valence-corrected chi connectivity index (χ4v) is 2.97. The van der Waals surface area contributed by atoms with Gasteiger partial charge in [0.05, 0.1) is 6.04 Å². The molecule has 4 heteroatoms. The Labute approximate surface area is 130 Å². The third kappa shape index (κ3) is 5.33. The van der Waals surface area contributed by atoms with Gasteiger partial charge in [-0.15, -0.1) is 11.3 Å². The average molecular weight is 302 g/mol. The summed E-state index contributed by atoms with van der Waals surface area (Å²) in [6.45, 7) is 1.92. The molecule has 2 rings (SSSR count). The number of benzene rings is 1. The van der Waals surface area contributed by atoms with Crippen molar-refractivity contribution in [2.24, 2.45) is 5.73 Å². The van der Waals surface area contributed by atoms with Gasteiger partial charge in [0.1, 0.15) is 0 Å². The minimum absolute atomic E-state index is 0.0352. The van der Waals surface area contributed by atoms with E-state index in [0.717, 1.165) is 6.42 Å². The van der Waals surface area contributed by atoms with Crippen molar-refractivity contribution < 1.29 is 4.79 Å². The maximum atomic E-state index is 12.1. The number of nitrogens with one attached hydrogen (secondary N) is 1. The summed E-state index contributed by atoms with van der Waals surface area (Å²) >= 11 is 1.68. The largest absolute Gasteiger partial charge is 0.348 e. The Kier molecular flexibility index (Phi) is 5.96. The lowest BCUT2D eigenvalue weighted by Crippen LogP contribution is -2.30. The first kappa shape index (κ1) is 15.7. The Balaban J connectivity index is 2.01. The van der Waals surface area contributed by atoms with Gasteiger partial charge in [-0.25, -0.2) is 0 Å². The standard InChI is InChI=1S/C17H22N2OS/c1-13(18)9-10-17(20)19-15(16-8-5-11-21-16)12-14-6-3-2-4-7-14/h2-8,11,13,15H,9-10,12,18H2,1H3,(H,19,20). The van der Waals surface area contributed by atoms with Crippen molar-refractivity contribution in [3.63, 3.8) is 0 Å². The zero-order valence-corrected chi connectivity index (χ0v) is 13.1. The number of thiophene rings is 1. The van der Waals surface area contributed by atoms with Crippen LogP contribution in [0.25, 0.3) is 0 Å². The molecule has 2 aromatic rings. The molecular weight excluding hydrogens is 280 g/mol. The second kappa shape index (κ2) is 7.96. The molecule has 112 valence electrons. The van der Waals surface area contributed by atoms with Gasteiger partial charge in [-0.3, -0.25) is 4.79 Å². The van der Waals surface area contributed by atoms with E-state index in [-0.39, 0.29) is 18.0 Å². The Morgan fingerprint density at radius 2 is 2.00 bits per heavy atom. The Morgan fingerprint density at radius 1 is 1.24 bits per heavy atom. The fourth-order valence-electron chi connectivity index (χ4n) is 2.19. The monoisotopic (exact) mass is 302 g/mol. The van der Waals surface area contributed by atoms with Gasteiger partial charge >= 0.3 is 0 Å². The van der Waals surface area contributed by atoms with Gasteiger partial charge in [-0.1, -0.05) is 36.4 Å². The van der Waals surface area contributed by atoms with Crippen LogP contribution >= 0.6 is 11.3 Å². The summed E-state index contributed by atoms with van der Waals surface area (Å²) in [6, 6.07) is 14.4. The molecule has 21 heavy (non-hydrogen) atoms. The van der Waals surface area contributed by atoms with Gasteiger partial charge in [-0.05, 0) is 36.8 Å². The third-order valence-corrected chi connectivity index (χ3v) is 4.32. The molecule has 1 amide bonds. The maximum absolute atomic E-state index is 12.1. The summed E-state index contributed by atoms with van der Waals surface area (Å²) < 4.78 is 0. The molecule has 0 saturated carbocycles. The molecule has 1 heterocycles. The first-order valence-corrected chi connectivity index (χ1v) is 8.15. The van der Waals surface area contributed by atoms with E-state index >= 15 is 0 Å². The molecular formula is C17H22N2OS. The number of amides is 1. The first-order valence-electron chi connectivity index (χ1n) is 7.27. The van der Waals surface area contributed by atoms with Crippen LogP contribution in [0.3, 0.4) is 0 Å². The summed E-state index contributed by atoms with van der Waals surface area (Å²) in [7, 11) is 0. The molecule has 0 saturated heterocycles. The van der Waals surface area contributed by atoms with Crippen LogP contribution in [0.15, 0.2) is 47.8 Å². The lowest BCUT2D eigenvalue weighted by Gasteiger charge is -2.18. The number of hydrogen-bond acceptors (Lipinski definition) is 3. The molecule has 3 nitrogen and oxygen atoms in total. The predicted molar refractivity (Wildman–Crippen MR) is 88.2 cm³/mol. The average Bonchev–Trinajstić information content (AvgIpc) is 3.00. The van der Waals surface area contributed by atoms with Crippen molar-refractivity contribution >= 4 is 17.2 Å². The van der Waals surface area contributed by atoms with Gasteiger partial charge < -0.3 is 11.1 Å². The van der Waals surface area contributed by atoms with E-state index in [1.807, 2.05) is 36.6 Å². The highest BCUT2D eigenvalue weighted by molar-refractivity contribution is 7.10. The zero-order valence-electron chi connectivity index (χ0n) is 12.3. The summed E-state index contributed by atoms with van der Waals surface area (Å²) in [5.41, 5.74) is 6.94. The maximum Gasteiger partial charge on any atom is 0.220 e. The van der Waals surface area contributed by atoms with E-state index in [4.69, 9.17) is 5.73 Å². The summed E-state index contributed by atoms with van der Waals surface area (Å²) in [5.74, 6) is 0.0710. The van der Waals surface area contributed by atoms with Crippen molar-refractivity contribution in [1.82, 2.24) is 5.32 Å². The molecule has 0 aliphatic carbocycles. The van der Waals surface area contributed by atoms with Crippen molar-refractivity contribution in [3.05, 3.63) is 58.3 Å². The summed E-state index contributed by atoms with van der Waals surface area (Å²) in [4.78, 5) is 13.3. The van der Waals surface area contributed by atoms with E-state index in [1.54, 1.807) is 11.3 Å². The minimum Gasteiger partial charge on any atom is -0.348 e. The molecule has 2 atom stereocenters. The molecule has 0 bridgehead atoms. The van der Waals surface area contributed by atoms with E-state index in [1.165, 1.54) is 10.4 Å². The van der Waals surface area contributed by atoms with Gasteiger partial charge in [0.15, 0.2) is 0 Å². The molecule has 1 aromatic heterocycles. The van der Waals surface area contributed by atoms with Crippen LogP contribution in [0.4, 0.5) is 0 Å². The molecule has 0 aliphatic rings. The molecule has 3 N–H and O–H groups in total. The lowest BCUT2D eigenvalue weighted by molar-refractivity contribution is -0.122. The van der Waals surface area contributed by atoms with Gasteiger partial charge in [-0.2, -0.15) is 0 Å². The molecule has 0 radical (unpaired) electrons. The smallest absolute Gasteiger partial charge is 0.220 e. The molecule has 2 unspecified atom stereocenters. The normalized spacial score (nSPS) is 13.6. The quantitative estimate of drug-likeness (QED) is 0.824. The Hall–Kier alpha value is -1.65. The summed E-state index contributed by atoms with van der Waals surface area (Å²) in [5, 5.41) is 5.18. The second-order valence-electron chi connectivity index (χ2n) is 5.34. The minimum atomic E-state index is 0.0352. The number of nitrogens with two attached hydrogens (primary N) is 1. The van der Waals surface area contributed by atoms with Crippen LogP contribution in [0.2, 0.25) is 0 Å². The van der Waals surface area contributed by atoms with Crippen LogP contribution in [-0.4, -0.2) is 11.9 Å². The fraction of sp³-hybridized carbons (Fsp3) is 0.353. The highest BCUT2D eigenvalue weighted by Gasteiger charge is 2.16. The number of carbonyl (C=O) groups is 1. The molecule has 0 aliphatic heterocycles. The van der Waals surface area contributed by atoms with Crippen LogP contribution in [-0.2, 0) is 11.2 Å². The highest BCUT2D eigenvalue weighted by Crippen LogP contribution is 2.23. The predicted octanol–water partition coefficient (Wildman–Crippen LogP) is 3.28. The first-order chi connectivity index (χ1) is 10.1. The van der Waals surface area contributed by atoms with E-state index in [0.29, 0.717) is 12.8 Å². The lowest BCUT2D eigenvalue weighted by atomic mass is 10.0. The molecule has 0 spiro atoms. The Bertz CT molecular complexity index is 537. The number of rotatable bonds is 7. The summed E-state index contributed by atoms with van der Waals surface area (Å²) in [6.07, 6.45) is 2.01. The highest BCUT2D eigenvalue weighted by atomic mass is 32.1. The third-order valence-electron chi connectivity index (χ3n) is 3.33. The van der Waals surface area contributed by atoms with Crippen molar-refractivity contribution in [3.8, 4) is 0 Å². The van der Waals surface area contributed by atoms with Crippen LogP contribution in [0.1, 0.15) is 36.2 Å². The van der Waals surface area contributed by atoms with Gasteiger partial charge in [0.2, 0.25) is 5.91 Å². The van der Waals surface area contributed by atoms with Gasteiger partial charge in [0, 0.05) is 17.3 Å². The van der Waals surface area contributed by atoms with E-state index in [9.17, 15) is 4.79 Å². The molecule has 0 fully saturated rings. The SMILES string of the molecule is CC(N)CCC(=O)NC(Cc1ccccc1)c1cccs1. The van der Waals surface area contributed by atoms with Gasteiger partial charge in [0.25, 0.3) is 0 Å². The van der Waals surface area contributed by atoms with Crippen LogP contribution < -0.4 is 11.1 Å². The van der Waals surface area contributed by atoms with E-state index in [2.05, 4.69) is 23.5 Å². The van der Waals surface area contributed by atoms with Crippen molar-refractivity contribution in [1.29, 1.82) is 0 Å². The topological polar surface area (TPSA) is 55.1 Å². The van der Waals surface area contributed by atoms with E-state index < -0.39 is 0 Å². The van der Waals surface area contributed by atoms with Crippen molar-refractivity contribution in [2.45, 2.75) is 38.3 Å². The van der Waals surface area contributed by atoms with Crippen molar-refractivity contribution in [2.75, 3.05) is 0 Å². The Morgan fingerprint density at radius 3 is 2.62 bits per heavy atom. The van der Waals surface area contributed by atoms with Crippen LogP contribution in [0, 0.1) is 0 Å². The number of carbonyl (C=O) groups excluding carboxylic acids is 1. The number of hydrogen-bond donors (Lipinski definition) is 2. The second-order valence-corrected chi connectivity index (χ2v) is 6.32. The molecule has 1 aromatic carbocycles. The zero-order chi connectivity index (χ0) is 15.1.